The average Bonchev–Trinajstić information content (AvgIpc) is 3.14. The summed E-state index contributed by atoms with van der Waals surface area (Å²) in [5.41, 5.74) is 8.49. The van der Waals surface area contributed by atoms with E-state index in [2.05, 4.69) is 60.1 Å². The van der Waals surface area contributed by atoms with Crippen LogP contribution >= 0.6 is 0 Å². The summed E-state index contributed by atoms with van der Waals surface area (Å²) in [4.78, 5) is 0. The maximum atomic E-state index is 10.2. The van der Waals surface area contributed by atoms with Crippen molar-refractivity contribution in [1.29, 1.82) is 0 Å². The average molecular weight is 396 g/mol. The highest BCUT2D eigenvalue weighted by Crippen LogP contribution is 2.45. The number of hydrogen-bond acceptors (Lipinski definition) is 1. The molecule has 0 radical (unpaired) electrons. The lowest BCUT2D eigenvalue weighted by Crippen LogP contribution is -2.02. The lowest BCUT2D eigenvalue weighted by Gasteiger charge is -2.10. The molecule has 0 aliphatic heterocycles. The van der Waals surface area contributed by atoms with Gasteiger partial charge in [-0.1, -0.05) is 72.2 Å². The van der Waals surface area contributed by atoms with Crippen LogP contribution in [0.3, 0.4) is 0 Å². The van der Waals surface area contributed by atoms with Crippen LogP contribution in [0.25, 0.3) is 11.1 Å². The van der Waals surface area contributed by atoms with Gasteiger partial charge in [-0.25, -0.2) is 0 Å². The summed E-state index contributed by atoms with van der Waals surface area (Å²) in [7, 11) is 0. The van der Waals surface area contributed by atoms with Crippen molar-refractivity contribution in [2.45, 2.75) is 5.92 Å². The Hall–Kier alpha value is -4.04. The van der Waals surface area contributed by atoms with Gasteiger partial charge in [0.15, 0.2) is 0 Å². The number of aliphatic hydroxyl groups excluding tert-OH is 1. The third kappa shape index (κ3) is 3.88. The first-order valence-corrected chi connectivity index (χ1v) is 10.3. The van der Waals surface area contributed by atoms with E-state index in [9.17, 15) is 5.11 Å². The highest BCUT2D eigenvalue weighted by Gasteiger charge is 2.28. The number of fused-ring (bicyclic) bond motifs is 3. The summed E-state index contributed by atoms with van der Waals surface area (Å²) >= 11 is 0. The Morgan fingerprint density at radius 2 is 0.935 bits per heavy atom. The molecule has 0 saturated heterocycles. The molecule has 0 saturated carbocycles. The molecule has 0 fully saturated rings. The predicted molar refractivity (Wildman–Crippen MR) is 126 cm³/mol. The summed E-state index contributed by atoms with van der Waals surface area (Å²) in [6, 6.07) is 32.5. The van der Waals surface area contributed by atoms with Crippen molar-refractivity contribution < 1.29 is 5.11 Å². The van der Waals surface area contributed by atoms with Gasteiger partial charge in [0, 0.05) is 28.2 Å². The molecule has 31 heavy (non-hydrogen) atoms. The normalized spacial score (nSPS) is 11.5. The molecule has 0 unspecified atom stereocenters. The quantitative estimate of drug-likeness (QED) is 0.416. The fraction of sp³-hybridized carbons (Fsp3) is 0.0667. The van der Waals surface area contributed by atoms with Crippen LogP contribution in [-0.2, 0) is 0 Å². The Kier molecular flexibility index (Phi) is 5.12. The van der Waals surface area contributed by atoms with Crippen molar-refractivity contribution in [3.05, 3.63) is 130 Å². The molecule has 5 rings (SSSR count). The second-order valence-electron chi connectivity index (χ2n) is 7.57. The van der Waals surface area contributed by atoms with E-state index in [4.69, 9.17) is 0 Å². The molecule has 0 spiro atoms. The molecular formula is C30H20O. The standard InChI is InChI=1S/C30H20O/c31-21-30-28-19-24(13-11-22-7-3-1-4-8-22)15-17-26(28)27-18-16-25(20-29(27)30)14-12-23-9-5-2-6-10-23/h1-10,15-20,30-31H,21H2. The maximum Gasteiger partial charge on any atom is 0.0540 e. The van der Waals surface area contributed by atoms with E-state index in [1.807, 2.05) is 60.7 Å². The molecule has 4 aromatic rings. The molecule has 1 N–H and O–H groups in total. The van der Waals surface area contributed by atoms with Gasteiger partial charge in [-0.2, -0.15) is 0 Å². The van der Waals surface area contributed by atoms with Crippen LogP contribution in [0, 0.1) is 23.7 Å². The zero-order valence-corrected chi connectivity index (χ0v) is 17.0. The van der Waals surface area contributed by atoms with Gasteiger partial charge in [-0.3, -0.25) is 0 Å². The Balaban J connectivity index is 1.48. The van der Waals surface area contributed by atoms with Gasteiger partial charge < -0.3 is 5.11 Å². The molecule has 0 atom stereocenters. The number of benzene rings is 4. The largest absolute Gasteiger partial charge is 0.395 e. The van der Waals surface area contributed by atoms with E-state index in [0.29, 0.717) is 0 Å². The molecule has 0 amide bonds. The molecule has 1 nitrogen and oxygen atoms in total. The van der Waals surface area contributed by atoms with Crippen LogP contribution in [-0.4, -0.2) is 11.7 Å². The van der Waals surface area contributed by atoms with E-state index in [-0.39, 0.29) is 12.5 Å². The zero-order valence-electron chi connectivity index (χ0n) is 17.0. The first kappa shape index (κ1) is 19.0. The zero-order chi connectivity index (χ0) is 21.0. The summed E-state index contributed by atoms with van der Waals surface area (Å²) in [5, 5.41) is 10.2. The topological polar surface area (TPSA) is 20.2 Å². The van der Waals surface area contributed by atoms with Crippen molar-refractivity contribution >= 4 is 0 Å². The van der Waals surface area contributed by atoms with Gasteiger partial charge in [0.2, 0.25) is 0 Å². The summed E-state index contributed by atoms with van der Waals surface area (Å²) in [5.74, 6) is 12.9. The van der Waals surface area contributed by atoms with Crippen LogP contribution in [0.2, 0.25) is 0 Å². The summed E-state index contributed by atoms with van der Waals surface area (Å²) in [6.07, 6.45) is 0. The van der Waals surface area contributed by atoms with Gasteiger partial charge in [0.25, 0.3) is 0 Å². The molecular weight excluding hydrogens is 376 g/mol. The minimum absolute atomic E-state index is 0.0537. The minimum atomic E-state index is -0.0537. The first-order chi connectivity index (χ1) is 15.3. The van der Waals surface area contributed by atoms with Crippen molar-refractivity contribution in [3.8, 4) is 34.8 Å². The van der Waals surface area contributed by atoms with Crippen LogP contribution in [0.1, 0.15) is 39.3 Å². The highest BCUT2D eigenvalue weighted by atomic mass is 16.3. The molecule has 4 aromatic carbocycles. The second kappa shape index (κ2) is 8.37. The number of hydrogen-bond donors (Lipinski definition) is 1. The van der Waals surface area contributed by atoms with Crippen molar-refractivity contribution in [2.75, 3.05) is 6.61 Å². The van der Waals surface area contributed by atoms with Gasteiger partial charge in [-0.05, 0) is 70.8 Å². The molecule has 1 aliphatic rings. The second-order valence-corrected chi connectivity index (χ2v) is 7.57. The lowest BCUT2D eigenvalue weighted by molar-refractivity contribution is 0.282. The SMILES string of the molecule is OCC1c2cc(C#Cc3ccccc3)ccc2-c2ccc(C#Cc3ccccc3)cc21. The minimum Gasteiger partial charge on any atom is -0.395 e. The summed E-state index contributed by atoms with van der Waals surface area (Å²) in [6.45, 7) is 0.0606. The molecule has 1 aliphatic carbocycles. The lowest BCUT2D eigenvalue weighted by atomic mass is 9.95. The highest BCUT2D eigenvalue weighted by molar-refractivity contribution is 5.80. The van der Waals surface area contributed by atoms with Crippen LogP contribution in [0.15, 0.2) is 97.1 Å². The fourth-order valence-electron chi connectivity index (χ4n) is 4.04. The monoisotopic (exact) mass is 396 g/mol. The predicted octanol–water partition coefficient (Wildman–Crippen LogP) is 5.59. The molecule has 146 valence electrons. The molecule has 0 heterocycles. The van der Waals surface area contributed by atoms with Crippen molar-refractivity contribution in [1.82, 2.24) is 0 Å². The maximum absolute atomic E-state index is 10.2. The number of aliphatic hydroxyl groups is 1. The van der Waals surface area contributed by atoms with E-state index in [1.165, 1.54) is 11.1 Å². The fourth-order valence-corrected chi connectivity index (χ4v) is 4.04. The third-order valence-electron chi connectivity index (χ3n) is 5.58. The molecule has 1 heteroatoms. The number of rotatable bonds is 1. The van der Waals surface area contributed by atoms with Crippen molar-refractivity contribution in [2.24, 2.45) is 0 Å². The Morgan fingerprint density at radius 1 is 0.516 bits per heavy atom. The van der Waals surface area contributed by atoms with Gasteiger partial charge >= 0.3 is 0 Å². The van der Waals surface area contributed by atoms with Gasteiger partial charge in [0.1, 0.15) is 0 Å². The van der Waals surface area contributed by atoms with Crippen LogP contribution in [0.4, 0.5) is 0 Å². The van der Waals surface area contributed by atoms with E-state index >= 15 is 0 Å². The smallest absolute Gasteiger partial charge is 0.0540 e. The van der Waals surface area contributed by atoms with Gasteiger partial charge in [-0.15, -0.1) is 0 Å². The Morgan fingerprint density at radius 3 is 1.35 bits per heavy atom. The van der Waals surface area contributed by atoms with Gasteiger partial charge in [0.05, 0.1) is 6.61 Å². The van der Waals surface area contributed by atoms with E-state index in [0.717, 1.165) is 33.4 Å². The van der Waals surface area contributed by atoms with Crippen molar-refractivity contribution in [3.63, 3.8) is 0 Å². The third-order valence-corrected chi connectivity index (χ3v) is 5.58. The van der Waals surface area contributed by atoms with E-state index in [1.54, 1.807) is 0 Å². The summed E-state index contributed by atoms with van der Waals surface area (Å²) < 4.78 is 0. The molecule has 0 bridgehead atoms. The molecule has 0 aromatic heterocycles. The van der Waals surface area contributed by atoms with E-state index < -0.39 is 0 Å². The Bertz CT molecular complexity index is 1250. The first-order valence-electron chi connectivity index (χ1n) is 10.3. The Labute approximate surface area is 183 Å². The van der Waals surface area contributed by atoms with Crippen LogP contribution in [0.5, 0.6) is 0 Å². The van der Waals surface area contributed by atoms with Crippen LogP contribution < -0.4 is 0 Å².